The molecule has 1 saturated carbocycles. The molecule has 0 bridgehead atoms. The number of rotatable bonds is 2. The van der Waals surface area contributed by atoms with Crippen molar-refractivity contribution in [3.63, 3.8) is 0 Å². The lowest BCUT2D eigenvalue weighted by Gasteiger charge is -2.41. The first-order valence-corrected chi connectivity index (χ1v) is 5.39. The number of hydrogen-bond acceptors (Lipinski definition) is 2. The lowest BCUT2D eigenvalue weighted by molar-refractivity contribution is -0.148. The van der Waals surface area contributed by atoms with Crippen molar-refractivity contribution in [3.8, 4) is 5.75 Å². The Morgan fingerprint density at radius 2 is 1.37 bits per heavy atom. The lowest BCUT2D eigenvalue weighted by Crippen LogP contribution is -2.53. The van der Waals surface area contributed by atoms with Gasteiger partial charge in [0.05, 0.1) is 5.41 Å². The van der Waals surface area contributed by atoms with Crippen molar-refractivity contribution in [2.75, 3.05) is 0 Å². The van der Waals surface area contributed by atoms with E-state index in [9.17, 15) is 26.7 Å². The molecule has 1 atom stereocenters. The number of ether oxygens (including phenoxy) is 1. The molecule has 7 heteroatoms. The van der Waals surface area contributed by atoms with Crippen LogP contribution in [0.25, 0.3) is 0 Å². The van der Waals surface area contributed by atoms with Crippen LogP contribution in [0.15, 0.2) is 0 Å². The molecule has 1 aliphatic rings. The topological polar surface area (TPSA) is 26.3 Å². The number of ketones is 1. The fourth-order valence-electron chi connectivity index (χ4n) is 1.75. The Kier molecular flexibility index (Phi) is 3.03. The zero-order valence-electron chi connectivity index (χ0n) is 9.99. The van der Waals surface area contributed by atoms with Gasteiger partial charge in [-0.25, -0.2) is 13.2 Å². The fourth-order valence-corrected chi connectivity index (χ4v) is 1.75. The van der Waals surface area contributed by atoms with Gasteiger partial charge in [0, 0.05) is 6.42 Å². The number of halogens is 5. The van der Waals surface area contributed by atoms with Gasteiger partial charge in [0.15, 0.2) is 5.75 Å². The summed E-state index contributed by atoms with van der Waals surface area (Å²) in [5, 5.41) is 0. The molecule has 0 amide bonds. The fraction of sp³-hybridized carbons (Fsp3) is 0.417. The molecule has 1 aromatic rings. The maximum absolute atomic E-state index is 13.3. The van der Waals surface area contributed by atoms with Crippen molar-refractivity contribution >= 4 is 5.78 Å². The standard InChI is InChI=1S/C12H9F5O2/c1-12(2)4(18)3-5(12)19-11-9(16)7(14)6(13)8(15)10(11)17/h5H,3H2,1-2H3. The molecule has 0 radical (unpaired) electrons. The summed E-state index contributed by atoms with van der Waals surface area (Å²) >= 11 is 0. The maximum Gasteiger partial charge on any atom is 0.207 e. The van der Waals surface area contributed by atoms with Crippen LogP contribution >= 0.6 is 0 Å². The van der Waals surface area contributed by atoms with Gasteiger partial charge >= 0.3 is 0 Å². The molecular formula is C12H9F5O2. The summed E-state index contributed by atoms with van der Waals surface area (Å²) in [6, 6.07) is 0. The largest absolute Gasteiger partial charge is 0.483 e. The maximum atomic E-state index is 13.3. The van der Waals surface area contributed by atoms with Crippen molar-refractivity contribution in [3.05, 3.63) is 29.1 Å². The Labute approximate surface area is 105 Å². The van der Waals surface area contributed by atoms with Gasteiger partial charge in [-0.15, -0.1) is 0 Å². The zero-order chi connectivity index (χ0) is 14.5. The highest BCUT2D eigenvalue weighted by molar-refractivity contribution is 5.91. The molecule has 0 N–H and O–H groups in total. The molecule has 2 rings (SSSR count). The second-order valence-electron chi connectivity index (χ2n) is 4.85. The molecule has 1 aliphatic carbocycles. The number of carbonyl (C=O) groups excluding carboxylic acids is 1. The Morgan fingerprint density at radius 1 is 0.947 bits per heavy atom. The summed E-state index contributed by atoms with van der Waals surface area (Å²) in [4.78, 5) is 11.2. The van der Waals surface area contributed by atoms with Crippen LogP contribution in [0.4, 0.5) is 22.0 Å². The average Bonchev–Trinajstić information content (AvgIpc) is 2.37. The minimum Gasteiger partial charge on any atom is -0.483 e. The molecule has 1 fully saturated rings. The summed E-state index contributed by atoms with van der Waals surface area (Å²) in [6.07, 6.45) is -1.06. The second kappa shape index (κ2) is 4.18. The predicted molar refractivity (Wildman–Crippen MR) is 54.1 cm³/mol. The first-order valence-electron chi connectivity index (χ1n) is 5.39. The van der Waals surface area contributed by atoms with E-state index >= 15 is 0 Å². The van der Waals surface area contributed by atoms with E-state index in [0.717, 1.165) is 0 Å². The third-order valence-corrected chi connectivity index (χ3v) is 3.32. The van der Waals surface area contributed by atoms with E-state index in [2.05, 4.69) is 0 Å². The van der Waals surface area contributed by atoms with Crippen LogP contribution < -0.4 is 4.74 Å². The van der Waals surface area contributed by atoms with Crippen molar-refractivity contribution in [2.45, 2.75) is 26.4 Å². The van der Waals surface area contributed by atoms with Gasteiger partial charge in [0.25, 0.3) is 0 Å². The van der Waals surface area contributed by atoms with Gasteiger partial charge in [-0.3, -0.25) is 4.79 Å². The quantitative estimate of drug-likeness (QED) is 0.472. The smallest absolute Gasteiger partial charge is 0.207 e. The molecule has 0 spiro atoms. The van der Waals surface area contributed by atoms with Crippen molar-refractivity contribution in [1.82, 2.24) is 0 Å². The number of hydrogen-bond donors (Lipinski definition) is 0. The van der Waals surface area contributed by atoms with E-state index in [1.807, 2.05) is 0 Å². The van der Waals surface area contributed by atoms with Gasteiger partial charge < -0.3 is 4.74 Å². The minimum atomic E-state index is -2.24. The highest BCUT2D eigenvalue weighted by atomic mass is 19.2. The summed E-state index contributed by atoms with van der Waals surface area (Å²) in [6.45, 7) is 2.94. The summed E-state index contributed by atoms with van der Waals surface area (Å²) < 4.78 is 70.2. The second-order valence-corrected chi connectivity index (χ2v) is 4.85. The van der Waals surface area contributed by atoms with Crippen molar-refractivity contribution < 1.29 is 31.5 Å². The lowest BCUT2D eigenvalue weighted by atomic mass is 9.68. The molecule has 0 aromatic heterocycles. The van der Waals surface area contributed by atoms with Gasteiger partial charge in [-0.05, 0) is 13.8 Å². The van der Waals surface area contributed by atoms with Crippen molar-refractivity contribution in [2.24, 2.45) is 5.41 Å². The molecule has 0 saturated heterocycles. The monoisotopic (exact) mass is 280 g/mol. The van der Waals surface area contributed by atoms with Crippen LogP contribution in [0.2, 0.25) is 0 Å². The Morgan fingerprint density at radius 3 is 1.74 bits per heavy atom. The third kappa shape index (κ3) is 1.87. The van der Waals surface area contributed by atoms with Crippen LogP contribution in [-0.4, -0.2) is 11.9 Å². The van der Waals surface area contributed by atoms with E-state index < -0.39 is 46.4 Å². The molecule has 0 heterocycles. The van der Waals surface area contributed by atoms with E-state index in [1.54, 1.807) is 0 Å². The molecule has 2 nitrogen and oxygen atoms in total. The molecule has 1 aromatic carbocycles. The van der Waals surface area contributed by atoms with Gasteiger partial charge in [-0.2, -0.15) is 8.78 Å². The SMILES string of the molecule is CC1(C)C(=O)CC1Oc1c(F)c(F)c(F)c(F)c1F. The Hall–Kier alpha value is -1.66. The van der Waals surface area contributed by atoms with Crippen LogP contribution in [0.3, 0.4) is 0 Å². The molecule has 104 valence electrons. The summed E-state index contributed by atoms with van der Waals surface area (Å²) in [5.74, 6) is -12.0. The van der Waals surface area contributed by atoms with Crippen LogP contribution in [0, 0.1) is 34.5 Å². The first kappa shape index (κ1) is 13.8. The summed E-state index contributed by atoms with van der Waals surface area (Å²) in [5.41, 5.74) is -1.01. The van der Waals surface area contributed by atoms with Gasteiger partial charge in [0.2, 0.25) is 29.1 Å². The van der Waals surface area contributed by atoms with Gasteiger partial charge in [-0.1, -0.05) is 0 Å². The highest BCUT2D eigenvalue weighted by Gasteiger charge is 2.50. The zero-order valence-corrected chi connectivity index (χ0v) is 9.99. The third-order valence-electron chi connectivity index (χ3n) is 3.32. The highest BCUT2D eigenvalue weighted by Crippen LogP contribution is 2.41. The van der Waals surface area contributed by atoms with Crippen molar-refractivity contribution in [1.29, 1.82) is 0 Å². The Balaban J connectivity index is 2.40. The minimum absolute atomic E-state index is 0.132. The average molecular weight is 280 g/mol. The first-order chi connectivity index (χ1) is 8.67. The van der Waals surface area contributed by atoms with Gasteiger partial charge in [0.1, 0.15) is 11.9 Å². The summed E-state index contributed by atoms with van der Waals surface area (Å²) in [7, 11) is 0. The van der Waals surface area contributed by atoms with E-state index in [4.69, 9.17) is 4.74 Å². The van der Waals surface area contributed by atoms with E-state index in [-0.39, 0.29) is 12.2 Å². The number of benzene rings is 1. The molecular weight excluding hydrogens is 271 g/mol. The van der Waals surface area contributed by atoms with E-state index in [0.29, 0.717) is 0 Å². The van der Waals surface area contributed by atoms with Crippen LogP contribution in [0.5, 0.6) is 5.75 Å². The molecule has 0 aliphatic heterocycles. The molecule has 19 heavy (non-hydrogen) atoms. The number of Topliss-reactive ketones (excluding diaryl/α,β-unsaturated/α-hetero) is 1. The Bertz CT molecular complexity index is 539. The molecule has 1 unspecified atom stereocenters. The normalized spacial score (nSPS) is 21.2. The van der Waals surface area contributed by atoms with E-state index in [1.165, 1.54) is 13.8 Å². The predicted octanol–water partition coefficient (Wildman–Crippen LogP) is 3.13. The number of carbonyl (C=O) groups is 1. The van der Waals surface area contributed by atoms with Crippen LogP contribution in [-0.2, 0) is 4.79 Å². The van der Waals surface area contributed by atoms with Crippen LogP contribution in [0.1, 0.15) is 20.3 Å².